The van der Waals surface area contributed by atoms with Gasteiger partial charge in [0.05, 0.1) is 0 Å². The maximum Gasteiger partial charge on any atom is 0.325 e. The third kappa shape index (κ3) is 0.862. The molecule has 0 aromatic heterocycles. The van der Waals surface area contributed by atoms with Crippen LogP contribution in [0, 0.1) is 0 Å². The second-order valence-electron chi connectivity index (χ2n) is 2.37. The van der Waals surface area contributed by atoms with Crippen LogP contribution >= 0.6 is 12.6 Å². The standard InChI is InChI=1S/C5H8N2O2S/c1-5(10)3(8)7(2)4(9)6-5/h10H,1-2H3,(H,6,9). The molecule has 1 atom stereocenters. The minimum Gasteiger partial charge on any atom is -0.315 e. The molecule has 1 rings (SSSR count). The maximum absolute atomic E-state index is 11.0. The first kappa shape index (κ1) is 7.40. The Morgan fingerprint density at radius 3 is 2.20 bits per heavy atom. The number of hydrogen-bond acceptors (Lipinski definition) is 3. The largest absolute Gasteiger partial charge is 0.325 e. The number of nitrogens with zero attached hydrogens (tertiary/aromatic N) is 1. The first-order valence-electron chi connectivity index (χ1n) is 2.78. The SMILES string of the molecule is CN1C(=O)NC(C)(S)C1=O. The predicted octanol–water partition coefficient (Wildman–Crippen LogP) is -0.186. The number of urea groups is 1. The highest BCUT2D eigenvalue weighted by Gasteiger charge is 2.42. The highest BCUT2D eigenvalue weighted by atomic mass is 32.1. The third-order valence-corrected chi connectivity index (χ3v) is 1.68. The lowest BCUT2D eigenvalue weighted by Gasteiger charge is -2.11. The van der Waals surface area contributed by atoms with Gasteiger partial charge in [0.1, 0.15) is 0 Å². The summed E-state index contributed by atoms with van der Waals surface area (Å²) in [6, 6.07) is -0.400. The molecule has 0 bridgehead atoms. The fraction of sp³-hybridized carbons (Fsp3) is 0.600. The Morgan fingerprint density at radius 1 is 1.60 bits per heavy atom. The molecule has 1 fully saturated rings. The molecule has 3 amide bonds. The molecule has 5 heteroatoms. The van der Waals surface area contributed by atoms with Crippen molar-refractivity contribution in [3.8, 4) is 0 Å². The quantitative estimate of drug-likeness (QED) is 0.381. The van der Waals surface area contributed by atoms with Crippen LogP contribution in [-0.2, 0) is 4.79 Å². The monoisotopic (exact) mass is 160 g/mol. The smallest absolute Gasteiger partial charge is 0.315 e. The van der Waals surface area contributed by atoms with E-state index in [4.69, 9.17) is 0 Å². The highest BCUT2D eigenvalue weighted by Crippen LogP contribution is 2.18. The van der Waals surface area contributed by atoms with Crippen LogP contribution in [0.3, 0.4) is 0 Å². The van der Waals surface area contributed by atoms with E-state index in [2.05, 4.69) is 17.9 Å². The van der Waals surface area contributed by atoms with Gasteiger partial charge >= 0.3 is 6.03 Å². The van der Waals surface area contributed by atoms with Gasteiger partial charge in [0, 0.05) is 7.05 Å². The predicted molar refractivity (Wildman–Crippen MR) is 38.7 cm³/mol. The fourth-order valence-corrected chi connectivity index (χ4v) is 1.01. The van der Waals surface area contributed by atoms with Gasteiger partial charge in [-0.25, -0.2) is 4.79 Å². The van der Waals surface area contributed by atoms with Gasteiger partial charge in [-0.2, -0.15) is 0 Å². The molecule has 56 valence electrons. The van der Waals surface area contributed by atoms with Gasteiger partial charge in [0.15, 0.2) is 4.87 Å². The Bertz CT molecular complexity index is 202. The molecule has 0 spiro atoms. The van der Waals surface area contributed by atoms with Crippen LogP contribution in [-0.4, -0.2) is 28.8 Å². The van der Waals surface area contributed by atoms with Crippen LogP contribution < -0.4 is 5.32 Å². The van der Waals surface area contributed by atoms with E-state index in [1.165, 1.54) is 7.05 Å². The van der Waals surface area contributed by atoms with Crippen LogP contribution in [0.15, 0.2) is 0 Å². The summed E-state index contributed by atoms with van der Waals surface area (Å²) >= 11 is 3.94. The first-order valence-corrected chi connectivity index (χ1v) is 3.22. The Kier molecular flexibility index (Phi) is 1.39. The van der Waals surface area contributed by atoms with E-state index in [9.17, 15) is 9.59 Å². The molecule has 0 aliphatic carbocycles. The van der Waals surface area contributed by atoms with Gasteiger partial charge < -0.3 is 5.32 Å². The van der Waals surface area contributed by atoms with E-state index >= 15 is 0 Å². The Morgan fingerprint density at radius 2 is 2.10 bits per heavy atom. The van der Waals surface area contributed by atoms with E-state index in [0.29, 0.717) is 0 Å². The molecule has 0 aromatic rings. The maximum atomic E-state index is 11.0. The van der Waals surface area contributed by atoms with Crippen LogP contribution in [0.25, 0.3) is 0 Å². The zero-order valence-corrected chi connectivity index (χ0v) is 6.61. The lowest BCUT2D eigenvalue weighted by atomic mass is 10.3. The van der Waals surface area contributed by atoms with E-state index in [1.807, 2.05) is 0 Å². The summed E-state index contributed by atoms with van der Waals surface area (Å²) in [5.41, 5.74) is 0. The number of carbonyl (C=O) groups is 2. The molecule has 1 aliphatic rings. The molecule has 10 heavy (non-hydrogen) atoms. The van der Waals surface area contributed by atoms with Gasteiger partial charge in [-0.15, -0.1) is 12.6 Å². The molecule has 0 radical (unpaired) electrons. The second-order valence-corrected chi connectivity index (χ2v) is 3.26. The van der Waals surface area contributed by atoms with E-state index in [1.54, 1.807) is 6.92 Å². The van der Waals surface area contributed by atoms with Crippen LogP contribution in [0.2, 0.25) is 0 Å². The van der Waals surface area contributed by atoms with Gasteiger partial charge in [0.2, 0.25) is 0 Å². The molecular formula is C5H8N2O2S. The van der Waals surface area contributed by atoms with Gasteiger partial charge in [-0.3, -0.25) is 9.69 Å². The van der Waals surface area contributed by atoms with Crippen molar-refractivity contribution < 1.29 is 9.59 Å². The molecule has 1 heterocycles. The number of carbonyl (C=O) groups excluding carboxylic acids is 2. The minimum atomic E-state index is -1.02. The van der Waals surface area contributed by atoms with Crippen molar-refractivity contribution >= 4 is 24.6 Å². The molecule has 1 N–H and O–H groups in total. The Hall–Kier alpha value is -0.710. The molecule has 1 unspecified atom stereocenters. The number of likely N-dealkylation sites (N-methyl/N-ethyl adjacent to an activating group) is 1. The van der Waals surface area contributed by atoms with Gasteiger partial charge in [-0.1, -0.05) is 0 Å². The lowest BCUT2D eigenvalue weighted by molar-refractivity contribution is -0.127. The minimum absolute atomic E-state index is 0.319. The molecule has 0 saturated carbocycles. The van der Waals surface area contributed by atoms with Crippen molar-refractivity contribution in [2.45, 2.75) is 11.8 Å². The normalized spacial score (nSPS) is 32.9. The average molecular weight is 160 g/mol. The van der Waals surface area contributed by atoms with Crippen molar-refractivity contribution in [1.82, 2.24) is 10.2 Å². The second kappa shape index (κ2) is 1.88. The summed E-state index contributed by atoms with van der Waals surface area (Å²) < 4.78 is 0. The van der Waals surface area contributed by atoms with Crippen molar-refractivity contribution in [2.75, 3.05) is 7.05 Å². The zero-order chi connectivity index (χ0) is 7.94. The number of thiol groups is 1. The molecule has 0 aromatic carbocycles. The van der Waals surface area contributed by atoms with Gasteiger partial charge in [0.25, 0.3) is 5.91 Å². The van der Waals surface area contributed by atoms with Crippen molar-refractivity contribution in [1.29, 1.82) is 0 Å². The fourth-order valence-electron chi connectivity index (χ4n) is 0.764. The number of imide groups is 1. The molecular weight excluding hydrogens is 152 g/mol. The summed E-state index contributed by atoms with van der Waals surface area (Å²) in [4.78, 5) is 21.7. The number of rotatable bonds is 0. The first-order chi connectivity index (χ1) is 4.45. The van der Waals surface area contributed by atoms with E-state index in [0.717, 1.165) is 4.90 Å². The molecule has 1 aliphatic heterocycles. The highest BCUT2D eigenvalue weighted by molar-refractivity contribution is 7.82. The zero-order valence-electron chi connectivity index (χ0n) is 5.71. The summed E-state index contributed by atoms with van der Waals surface area (Å²) in [5, 5.41) is 2.39. The summed E-state index contributed by atoms with van der Waals surface area (Å²) in [7, 11) is 1.42. The topological polar surface area (TPSA) is 49.4 Å². The molecule has 4 nitrogen and oxygen atoms in total. The van der Waals surface area contributed by atoms with Crippen molar-refractivity contribution in [3.05, 3.63) is 0 Å². The van der Waals surface area contributed by atoms with Crippen LogP contribution in [0.5, 0.6) is 0 Å². The summed E-state index contributed by atoms with van der Waals surface area (Å²) in [6.45, 7) is 1.54. The van der Waals surface area contributed by atoms with E-state index in [-0.39, 0.29) is 5.91 Å². The molecule has 1 saturated heterocycles. The Labute approximate surface area is 64.0 Å². The van der Waals surface area contributed by atoms with E-state index < -0.39 is 10.9 Å². The van der Waals surface area contributed by atoms with Crippen LogP contribution in [0.4, 0.5) is 4.79 Å². The van der Waals surface area contributed by atoms with Crippen LogP contribution in [0.1, 0.15) is 6.92 Å². The van der Waals surface area contributed by atoms with Crippen molar-refractivity contribution in [2.24, 2.45) is 0 Å². The number of hydrogen-bond donors (Lipinski definition) is 2. The number of amides is 3. The lowest BCUT2D eigenvalue weighted by Crippen LogP contribution is -2.37. The summed E-state index contributed by atoms with van der Waals surface area (Å²) in [5.74, 6) is -0.319. The average Bonchev–Trinajstić information content (AvgIpc) is 1.95. The van der Waals surface area contributed by atoms with Gasteiger partial charge in [-0.05, 0) is 6.92 Å². The Balaban J connectivity index is 2.92. The summed E-state index contributed by atoms with van der Waals surface area (Å²) in [6.07, 6.45) is 0. The van der Waals surface area contributed by atoms with Crippen molar-refractivity contribution in [3.63, 3.8) is 0 Å². The third-order valence-electron chi connectivity index (χ3n) is 1.38. The number of nitrogens with one attached hydrogen (secondary N) is 1.